The summed E-state index contributed by atoms with van der Waals surface area (Å²) in [6, 6.07) is 13.5. The third-order valence-corrected chi connectivity index (χ3v) is 7.72. The number of carbonyl (C=O) groups excluding carboxylic acids is 2. The molecule has 180 valence electrons. The Labute approximate surface area is 215 Å². The number of likely N-dealkylation sites (tertiary alicyclic amines) is 2. The molecule has 2 saturated heterocycles. The summed E-state index contributed by atoms with van der Waals surface area (Å²) in [6.07, 6.45) is 1.50. The smallest absolute Gasteiger partial charge is 0.256 e. The van der Waals surface area contributed by atoms with Crippen LogP contribution in [-0.4, -0.2) is 52.8 Å². The van der Waals surface area contributed by atoms with Gasteiger partial charge in [0.1, 0.15) is 11.6 Å². The van der Waals surface area contributed by atoms with E-state index in [0.717, 1.165) is 0 Å². The van der Waals surface area contributed by atoms with Gasteiger partial charge in [0.25, 0.3) is 11.8 Å². The molecule has 0 radical (unpaired) electrons. The number of fused-ring (bicyclic) bond motifs is 1. The standard InChI is InChI=1S/C26H22BrClFN3O3/c1-15-22(27)8-7-21(24(15)29)26(34)32-13-17-11-31(12-18(17)14-32)25(33)16-2-5-20(6-3-16)35-23-9-4-19(28)10-30-23/h2-10,17-18H,11-14H2,1H3/t17-,18+. The SMILES string of the molecule is Cc1c(Br)ccc(C(=O)N2C[C@H]3CN(C(=O)c4ccc(Oc5ccc(Cl)cn5)cc4)C[C@H]3C2)c1F. The fourth-order valence-electron chi connectivity index (χ4n) is 4.71. The predicted molar refractivity (Wildman–Crippen MR) is 133 cm³/mol. The molecule has 2 atom stereocenters. The molecule has 2 aliphatic rings. The monoisotopic (exact) mass is 557 g/mol. The van der Waals surface area contributed by atoms with Gasteiger partial charge in [-0.2, -0.15) is 0 Å². The molecule has 2 aromatic carbocycles. The zero-order valence-corrected chi connectivity index (χ0v) is 21.2. The van der Waals surface area contributed by atoms with E-state index in [4.69, 9.17) is 16.3 Å². The number of nitrogens with zero attached hydrogens (tertiary/aromatic N) is 3. The van der Waals surface area contributed by atoms with Crippen LogP contribution in [0, 0.1) is 24.6 Å². The molecule has 0 bridgehead atoms. The summed E-state index contributed by atoms with van der Waals surface area (Å²) in [5.74, 6) is 0.510. The fourth-order valence-corrected chi connectivity index (χ4v) is 5.13. The average molecular weight is 559 g/mol. The van der Waals surface area contributed by atoms with Gasteiger partial charge >= 0.3 is 0 Å². The number of amides is 2. The van der Waals surface area contributed by atoms with E-state index in [0.29, 0.717) is 58.4 Å². The van der Waals surface area contributed by atoms with Crippen molar-refractivity contribution in [2.45, 2.75) is 6.92 Å². The molecule has 35 heavy (non-hydrogen) atoms. The van der Waals surface area contributed by atoms with Crippen LogP contribution in [0.4, 0.5) is 4.39 Å². The summed E-state index contributed by atoms with van der Waals surface area (Å²) in [5, 5.41) is 0.525. The van der Waals surface area contributed by atoms with Crippen molar-refractivity contribution in [2.75, 3.05) is 26.2 Å². The van der Waals surface area contributed by atoms with Crippen molar-refractivity contribution in [3.8, 4) is 11.6 Å². The highest BCUT2D eigenvalue weighted by Gasteiger charge is 2.43. The fraction of sp³-hybridized carbons (Fsp3) is 0.269. The molecular weight excluding hydrogens is 537 g/mol. The highest BCUT2D eigenvalue weighted by molar-refractivity contribution is 9.10. The van der Waals surface area contributed by atoms with Crippen molar-refractivity contribution in [2.24, 2.45) is 11.8 Å². The molecule has 0 saturated carbocycles. The van der Waals surface area contributed by atoms with Crippen molar-refractivity contribution in [3.05, 3.63) is 86.7 Å². The van der Waals surface area contributed by atoms with Crippen molar-refractivity contribution >= 4 is 39.3 Å². The van der Waals surface area contributed by atoms with Crippen LogP contribution in [0.1, 0.15) is 26.3 Å². The van der Waals surface area contributed by atoms with Gasteiger partial charge in [-0.25, -0.2) is 9.37 Å². The summed E-state index contributed by atoms with van der Waals surface area (Å²) in [7, 11) is 0. The Kier molecular flexibility index (Phi) is 6.51. The minimum Gasteiger partial charge on any atom is -0.439 e. The van der Waals surface area contributed by atoms with Crippen molar-refractivity contribution in [1.82, 2.24) is 14.8 Å². The molecule has 0 spiro atoms. The third kappa shape index (κ3) is 4.77. The Bertz CT molecular complexity index is 1270. The molecule has 3 aromatic rings. The van der Waals surface area contributed by atoms with E-state index >= 15 is 0 Å². The van der Waals surface area contributed by atoms with Crippen LogP contribution in [0.2, 0.25) is 5.02 Å². The van der Waals surface area contributed by atoms with Crippen LogP contribution in [0.25, 0.3) is 0 Å². The summed E-state index contributed by atoms with van der Waals surface area (Å²) in [6.45, 7) is 3.82. The zero-order valence-electron chi connectivity index (χ0n) is 18.9. The summed E-state index contributed by atoms with van der Waals surface area (Å²) in [4.78, 5) is 33.6. The Morgan fingerprint density at radius 2 is 1.60 bits per heavy atom. The first-order valence-electron chi connectivity index (χ1n) is 11.2. The molecule has 2 fully saturated rings. The number of pyridine rings is 1. The highest BCUT2D eigenvalue weighted by atomic mass is 79.9. The van der Waals surface area contributed by atoms with Crippen LogP contribution in [0.5, 0.6) is 11.6 Å². The number of ether oxygens (including phenoxy) is 1. The van der Waals surface area contributed by atoms with Crippen LogP contribution in [-0.2, 0) is 0 Å². The quantitative estimate of drug-likeness (QED) is 0.419. The maximum atomic E-state index is 14.6. The second kappa shape index (κ2) is 9.59. The minimum absolute atomic E-state index is 0.0528. The Balaban J connectivity index is 1.19. The molecule has 6 nitrogen and oxygen atoms in total. The van der Waals surface area contributed by atoms with Gasteiger partial charge in [0.2, 0.25) is 5.88 Å². The molecular formula is C26H22BrClFN3O3. The minimum atomic E-state index is -0.488. The van der Waals surface area contributed by atoms with E-state index in [1.165, 1.54) is 12.3 Å². The van der Waals surface area contributed by atoms with Gasteiger partial charge in [0.05, 0.1) is 10.6 Å². The molecule has 9 heteroatoms. The van der Waals surface area contributed by atoms with Crippen molar-refractivity contribution < 1.29 is 18.7 Å². The molecule has 0 aliphatic carbocycles. The first kappa shape index (κ1) is 23.8. The van der Waals surface area contributed by atoms with E-state index in [-0.39, 0.29) is 29.2 Å². The predicted octanol–water partition coefficient (Wildman–Crippen LogP) is 5.58. The summed E-state index contributed by atoms with van der Waals surface area (Å²) < 4.78 is 21.0. The van der Waals surface area contributed by atoms with Gasteiger partial charge in [0.15, 0.2) is 0 Å². The largest absolute Gasteiger partial charge is 0.439 e. The van der Waals surface area contributed by atoms with Gasteiger partial charge in [-0.1, -0.05) is 27.5 Å². The maximum absolute atomic E-state index is 14.6. The molecule has 1 aromatic heterocycles. The number of hydrogen-bond donors (Lipinski definition) is 0. The van der Waals surface area contributed by atoms with E-state index in [1.807, 2.05) is 4.90 Å². The molecule has 0 N–H and O–H groups in total. The summed E-state index contributed by atoms with van der Waals surface area (Å²) in [5.41, 5.74) is 1.09. The van der Waals surface area contributed by atoms with Gasteiger partial charge in [-0.3, -0.25) is 9.59 Å². The van der Waals surface area contributed by atoms with Crippen LogP contribution in [0.3, 0.4) is 0 Å². The number of rotatable bonds is 4. The zero-order chi connectivity index (χ0) is 24.7. The topological polar surface area (TPSA) is 62.7 Å². The van der Waals surface area contributed by atoms with Gasteiger partial charge < -0.3 is 14.5 Å². The Morgan fingerprint density at radius 3 is 2.20 bits per heavy atom. The molecule has 5 rings (SSSR count). The number of aromatic nitrogens is 1. The first-order valence-corrected chi connectivity index (χ1v) is 12.4. The molecule has 3 heterocycles. The average Bonchev–Trinajstić information content (AvgIpc) is 3.44. The molecule has 2 aliphatic heterocycles. The Morgan fingerprint density at radius 1 is 0.971 bits per heavy atom. The number of benzene rings is 2. The second-order valence-electron chi connectivity index (χ2n) is 8.92. The van der Waals surface area contributed by atoms with E-state index in [9.17, 15) is 14.0 Å². The van der Waals surface area contributed by atoms with E-state index in [1.54, 1.807) is 54.3 Å². The van der Waals surface area contributed by atoms with Crippen LogP contribution < -0.4 is 4.74 Å². The first-order chi connectivity index (χ1) is 16.8. The lowest BCUT2D eigenvalue weighted by molar-refractivity contribution is 0.0736. The third-order valence-electron chi connectivity index (χ3n) is 6.64. The number of halogens is 3. The van der Waals surface area contributed by atoms with Gasteiger partial charge in [-0.05, 0) is 55.0 Å². The summed E-state index contributed by atoms with van der Waals surface area (Å²) >= 11 is 9.14. The van der Waals surface area contributed by atoms with Gasteiger partial charge in [0, 0.05) is 60.3 Å². The normalized spacial score (nSPS) is 19.1. The second-order valence-corrected chi connectivity index (χ2v) is 10.2. The molecule has 0 unspecified atom stereocenters. The number of hydrogen-bond acceptors (Lipinski definition) is 4. The highest BCUT2D eigenvalue weighted by Crippen LogP contribution is 2.34. The lowest BCUT2D eigenvalue weighted by atomic mass is 10.0. The van der Waals surface area contributed by atoms with Gasteiger partial charge in [-0.15, -0.1) is 0 Å². The number of carbonyl (C=O) groups is 2. The van der Waals surface area contributed by atoms with Crippen molar-refractivity contribution in [1.29, 1.82) is 0 Å². The maximum Gasteiger partial charge on any atom is 0.256 e. The van der Waals surface area contributed by atoms with Crippen LogP contribution in [0.15, 0.2) is 59.2 Å². The van der Waals surface area contributed by atoms with E-state index < -0.39 is 5.82 Å². The van der Waals surface area contributed by atoms with Crippen LogP contribution >= 0.6 is 27.5 Å². The Hall–Kier alpha value is -2.97. The van der Waals surface area contributed by atoms with Crippen molar-refractivity contribution in [3.63, 3.8) is 0 Å². The lowest BCUT2D eigenvalue weighted by Gasteiger charge is -2.22. The molecule has 2 amide bonds. The lowest BCUT2D eigenvalue weighted by Crippen LogP contribution is -2.36. The van der Waals surface area contributed by atoms with E-state index in [2.05, 4.69) is 20.9 Å².